The standard InChI is InChI=1S/C25H51N2O3/c1-4-7-8-9-10-11-12-13-14-15-19-27(20-22-29-5-2,21-23-30-6-3)24-26-18-16-17-25(26)28/h4-24H2,1-3H3/q+1. The molecular weight excluding hydrogens is 376 g/mol. The van der Waals surface area contributed by atoms with Crippen molar-refractivity contribution in [1.29, 1.82) is 0 Å². The fourth-order valence-corrected chi connectivity index (χ4v) is 4.50. The maximum absolute atomic E-state index is 12.3. The van der Waals surface area contributed by atoms with Gasteiger partial charge in [-0.05, 0) is 33.1 Å². The lowest BCUT2D eigenvalue weighted by Gasteiger charge is -2.41. The zero-order valence-corrected chi connectivity index (χ0v) is 20.5. The Labute approximate surface area is 187 Å². The van der Waals surface area contributed by atoms with Crippen LogP contribution in [0.5, 0.6) is 0 Å². The number of carbonyl (C=O) groups is 1. The van der Waals surface area contributed by atoms with E-state index in [9.17, 15) is 4.79 Å². The van der Waals surface area contributed by atoms with Gasteiger partial charge in [0.15, 0.2) is 6.67 Å². The van der Waals surface area contributed by atoms with Crippen molar-refractivity contribution in [3.05, 3.63) is 0 Å². The monoisotopic (exact) mass is 427 g/mol. The highest BCUT2D eigenvalue weighted by Gasteiger charge is 2.33. The van der Waals surface area contributed by atoms with E-state index in [0.717, 1.165) is 76.6 Å². The van der Waals surface area contributed by atoms with E-state index in [2.05, 4.69) is 25.7 Å². The number of nitrogens with zero attached hydrogens (tertiary/aromatic N) is 2. The van der Waals surface area contributed by atoms with Crippen LogP contribution in [0.1, 0.15) is 97.8 Å². The molecule has 0 aliphatic carbocycles. The van der Waals surface area contributed by atoms with Crippen LogP contribution in [0.3, 0.4) is 0 Å². The largest absolute Gasteiger partial charge is 0.376 e. The van der Waals surface area contributed by atoms with E-state index in [1.54, 1.807) is 0 Å². The van der Waals surface area contributed by atoms with E-state index in [0.29, 0.717) is 5.91 Å². The number of likely N-dealkylation sites (tertiary alicyclic amines) is 1. The van der Waals surface area contributed by atoms with E-state index in [1.807, 2.05) is 0 Å². The zero-order chi connectivity index (χ0) is 21.9. The average Bonchev–Trinajstić information content (AvgIpc) is 3.14. The molecule has 0 aromatic carbocycles. The highest BCUT2D eigenvalue weighted by Crippen LogP contribution is 2.19. The maximum Gasteiger partial charge on any atom is 0.226 e. The van der Waals surface area contributed by atoms with Gasteiger partial charge in [-0.25, -0.2) is 0 Å². The van der Waals surface area contributed by atoms with Crippen LogP contribution in [-0.2, 0) is 14.3 Å². The van der Waals surface area contributed by atoms with E-state index >= 15 is 0 Å². The number of hydrogen-bond acceptors (Lipinski definition) is 3. The minimum absolute atomic E-state index is 0.327. The first-order chi connectivity index (χ1) is 14.7. The molecule has 0 aromatic rings. The predicted octanol–water partition coefficient (Wildman–Crippen LogP) is 5.38. The van der Waals surface area contributed by atoms with Gasteiger partial charge in [-0.2, -0.15) is 0 Å². The summed E-state index contributed by atoms with van der Waals surface area (Å²) < 4.78 is 12.4. The second kappa shape index (κ2) is 18.0. The molecule has 0 bridgehead atoms. The molecule has 0 unspecified atom stereocenters. The molecule has 1 saturated heterocycles. The van der Waals surface area contributed by atoms with Gasteiger partial charge in [0, 0.05) is 26.2 Å². The number of ether oxygens (including phenoxy) is 2. The van der Waals surface area contributed by atoms with Crippen molar-refractivity contribution in [2.75, 3.05) is 59.3 Å². The first-order valence-electron chi connectivity index (χ1n) is 13.0. The van der Waals surface area contributed by atoms with Crippen LogP contribution in [0.15, 0.2) is 0 Å². The lowest BCUT2D eigenvalue weighted by Crippen LogP contribution is -2.58. The normalized spacial score (nSPS) is 14.8. The van der Waals surface area contributed by atoms with Crippen molar-refractivity contribution in [3.63, 3.8) is 0 Å². The number of amides is 1. The summed E-state index contributed by atoms with van der Waals surface area (Å²) in [6.07, 6.45) is 15.3. The Bertz CT molecular complexity index is 407. The van der Waals surface area contributed by atoms with Crippen LogP contribution >= 0.6 is 0 Å². The van der Waals surface area contributed by atoms with Gasteiger partial charge in [0.25, 0.3) is 0 Å². The Morgan fingerprint density at radius 3 is 1.77 bits per heavy atom. The first-order valence-corrected chi connectivity index (χ1v) is 13.0. The molecule has 1 aliphatic heterocycles. The van der Waals surface area contributed by atoms with Gasteiger partial charge in [-0.3, -0.25) is 9.69 Å². The van der Waals surface area contributed by atoms with Gasteiger partial charge in [0.2, 0.25) is 5.91 Å². The summed E-state index contributed by atoms with van der Waals surface area (Å²) in [5.41, 5.74) is 0. The van der Waals surface area contributed by atoms with Gasteiger partial charge >= 0.3 is 0 Å². The summed E-state index contributed by atoms with van der Waals surface area (Å²) in [5.74, 6) is 0.327. The van der Waals surface area contributed by atoms with E-state index in [4.69, 9.17) is 9.47 Å². The van der Waals surface area contributed by atoms with Crippen molar-refractivity contribution in [2.45, 2.75) is 97.8 Å². The third-order valence-corrected chi connectivity index (χ3v) is 6.46. The molecule has 0 spiro atoms. The fourth-order valence-electron chi connectivity index (χ4n) is 4.50. The first kappa shape index (κ1) is 27.4. The molecule has 30 heavy (non-hydrogen) atoms. The summed E-state index contributed by atoms with van der Waals surface area (Å²) in [4.78, 5) is 14.4. The Kier molecular flexibility index (Phi) is 16.4. The lowest BCUT2D eigenvalue weighted by atomic mass is 10.1. The molecule has 0 aromatic heterocycles. The van der Waals surface area contributed by atoms with Crippen LogP contribution in [-0.4, -0.2) is 74.6 Å². The van der Waals surface area contributed by atoms with Crippen molar-refractivity contribution < 1.29 is 18.8 Å². The zero-order valence-electron chi connectivity index (χ0n) is 20.5. The molecule has 1 heterocycles. The molecule has 0 radical (unpaired) electrons. The molecule has 0 saturated carbocycles. The SMILES string of the molecule is CCCCCCCCCCCC[N+](CCOCC)(CCOCC)CN1CCCC1=O. The van der Waals surface area contributed by atoms with Crippen LogP contribution in [0.4, 0.5) is 0 Å². The summed E-state index contributed by atoms with van der Waals surface area (Å²) in [6.45, 7) is 14.3. The van der Waals surface area contributed by atoms with Gasteiger partial charge in [-0.15, -0.1) is 0 Å². The minimum atomic E-state index is 0.327. The van der Waals surface area contributed by atoms with E-state index in [1.165, 1.54) is 64.2 Å². The number of hydrogen-bond donors (Lipinski definition) is 0. The molecule has 1 fully saturated rings. The Hall–Kier alpha value is -0.650. The van der Waals surface area contributed by atoms with Gasteiger partial charge in [0.1, 0.15) is 13.1 Å². The number of quaternary nitrogens is 1. The third-order valence-electron chi connectivity index (χ3n) is 6.46. The second-order valence-corrected chi connectivity index (χ2v) is 8.99. The molecule has 5 nitrogen and oxygen atoms in total. The molecule has 1 rings (SSSR count). The number of carbonyl (C=O) groups excluding carboxylic acids is 1. The van der Waals surface area contributed by atoms with Crippen LogP contribution < -0.4 is 0 Å². The second-order valence-electron chi connectivity index (χ2n) is 8.99. The van der Waals surface area contributed by atoms with Crippen molar-refractivity contribution in [3.8, 4) is 0 Å². The molecule has 1 amide bonds. The van der Waals surface area contributed by atoms with Crippen LogP contribution in [0.25, 0.3) is 0 Å². The molecule has 0 N–H and O–H groups in total. The van der Waals surface area contributed by atoms with E-state index in [-0.39, 0.29) is 0 Å². The predicted molar refractivity (Wildman–Crippen MR) is 126 cm³/mol. The van der Waals surface area contributed by atoms with Crippen molar-refractivity contribution in [2.24, 2.45) is 0 Å². The van der Waals surface area contributed by atoms with Crippen molar-refractivity contribution >= 4 is 5.91 Å². The Balaban J connectivity index is 2.47. The third kappa shape index (κ3) is 12.3. The van der Waals surface area contributed by atoms with Gasteiger partial charge in [-0.1, -0.05) is 58.3 Å². The molecule has 1 aliphatic rings. The maximum atomic E-state index is 12.3. The summed E-state index contributed by atoms with van der Waals surface area (Å²) in [6, 6.07) is 0. The van der Waals surface area contributed by atoms with Crippen molar-refractivity contribution in [1.82, 2.24) is 4.90 Å². The minimum Gasteiger partial charge on any atom is -0.376 e. The summed E-state index contributed by atoms with van der Waals surface area (Å²) >= 11 is 0. The fraction of sp³-hybridized carbons (Fsp3) is 0.960. The average molecular weight is 428 g/mol. The topological polar surface area (TPSA) is 38.8 Å². The lowest BCUT2D eigenvalue weighted by molar-refractivity contribution is -0.936. The Morgan fingerprint density at radius 1 is 0.767 bits per heavy atom. The summed E-state index contributed by atoms with van der Waals surface area (Å²) in [7, 11) is 0. The number of unbranched alkanes of at least 4 members (excludes halogenated alkanes) is 9. The quantitative estimate of drug-likeness (QED) is 0.182. The highest BCUT2D eigenvalue weighted by molar-refractivity contribution is 5.77. The smallest absolute Gasteiger partial charge is 0.226 e. The van der Waals surface area contributed by atoms with Gasteiger partial charge < -0.3 is 14.0 Å². The van der Waals surface area contributed by atoms with Crippen LogP contribution in [0.2, 0.25) is 0 Å². The molecule has 5 heteroatoms. The molecule has 0 atom stereocenters. The van der Waals surface area contributed by atoms with Crippen LogP contribution in [0, 0.1) is 0 Å². The molecular formula is C25H51N2O3+. The Morgan fingerprint density at radius 2 is 1.30 bits per heavy atom. The highest BCUT2D eigenvalue weighted by atomic mass is 16.5. The van der Waals surface area contributed by atoms with Gasteiger partial charge in [0.05, 0.1) is 19.8 Å². The van der Waals surface area contributed by atoms with E-state index < -0.39 is 0 Å². The number of rotatable bonds is 21. The summed E-state index contributed by atoms with van der Waals surface area (Å²) in [5, 5.41) is 0. The molecule has 178 valence electrons.